The molecule has 0 bridgehead atoms. The van der Waals surface area contributed by atoms with Crippen LogP contribution in [0.4, 0.5) is 17.1 Å². The molecule has 0 radical (unpaired) electrons. The monoisotopic (exact) mass is 363 g/mol. The van der Waals surface area contributed by atoms with E-state index >= 15 is 0 Å². The second-order valence-corrected chi connectivity index (χ2v) is 5.87. The molecular formula is C17H18ClN3O4. The summed E-state index contributed by atoms with van der Waals surface area (Å²) in [6.07, 6.45) is 0. The highest BCUT2D eigenvalue weighted by Gasteiger charge is 2.18. The maximum Gasteiger partial charge on any atom is 0.271 e. The molecule has 8 heteroatoms. The number of rotatable bonds is 6. The fraction of sp³-hybridized carbons (Fsp3) is 0.235. The summed E-state index contributed by atoms with van der Waals surface area (Å²) >= 11 is 6.07. The molecule has 0 fully saturated rings. The molecule has 0 aliphatic heterocycles. The lowest BCUT2D eigenvalue weighted by molar-refractivity contribution is -0.384. The predicted octanol–water partition coefficient (Wildman–Crippen LogP) is 4.00. The first-order valence-electron chi connectivity index (χ1n) is 7.48. The van der Waals surface area contributed by atoms with Gasteiger partial charge in [-0.25, -0.2) is 0 Å². The van der Waals surface area contributed by atoms with Gasteiger partial charge in [0.15, 0.2) is 0 Å². The van der Waals surface area contributed by atoms with Crippen molar-refractivity contribution in [3.63, 3.8) is 0 Å². The number of benzene rings is 2. The molecule has 25 heavy (non-hydrogen) atoms. The lowest BCUT2D eigenvalue weighted by atomic mass is 10.2. The number of halogens is 1. The number of methoxy groups -OCH3 is 1. The van der Waals surface area contributed by atoms with Gasteiger partial charge in [-0.3, -0.25) is 14.9 Å². The van der Waals surface area contributed by atoms with Crippen molar-refractivity contribution in [2.75, 3.05) is 17.7 Å². The smallest absolute Gasteiger partial charge is 0.271 e. The Kier molecular flexibility index (Phi) is 5.82. The molecule has 0 saturated carbocycles. The van der Waals surface area contributed by atoms with E-state index < -0.39 is 11.0 Å². The van der Waals surface area contributed by atoms with E-state index in [1.165, 1.54) is 25.3 Å². The molecule has 0 saturated heterocycles. The number of nitro benzene ring substituents is 1. The second kappa shape index (κ2) is 7.85. The van der Waals surface area contributed by atoms with Crippen LogP contribution in [0.1, 0.15) is 12.5 Å². The Morgan fingerprint density at radius 2 is 2.00 bits per heavy atom. The van der Waals surface area contributed by atoms with Gasteiger partial charge in [-0.1, -0.05) is 17.7 Å². The molecule has 132 valence electrons. The van der Waals surface area contributed by atoms with E-state index in [1.54, 1.807) is 13.0 Å². The van der Waals surface area contributed by atoms with Crippen molar-refractivity contribution in [3.8, 4) is 5.75 Å². The molecule has 0 unspecified atom stereocenters. The fourth-order valence-corrected chi connectivity index (χ4v) is 2.33. The minimum atomic E-state index is -0.595. The van der Waals surface area contributed by atoms with Crippen LogP contribution in [0, 0.1) is 17.0 Å². The van der Waals surface area contributed by atoms with Crippen molar-refractivity contribution in [1.29, 1.82) is 0 Å². The molecular weight excluding hydrogens is 346 g/mol. The third-order valence-corrected chi connectivity index (χ3v) is 4.01. The van der Waals surface area contributed by atoms with E-state index in [4.69, 9.17) is 16.3 Å². The number of nitrogens with zero attached hydrogens (tertiary/aromatic N) is 1. The number of hydrogen-bond donors (Lipinski definition) is 2. The number of non-ortho nitro benzene ring substituents is 1. The Balaban J connectivity index is 2.13. The van der Waals surface area contributed by atoms with Crippen LogP contribution in [0.3, 0.4) is 0 Å². The van der Waals surface area contributed by atoms with Crippen LogP contribution in [0.5, 0.6) is 5.75 Å². The first-order valence-corrected chi connectivity index (χ1v) is 7.85. The molecule has 1 amide bonds. The molecule has 2 aromatic carbocycles. The zero-order valence-corrected chi connectivity index (χ0v) is 14.8. The maximum absolute atomic E-state index is 12.4. The van der Waals surface area contributed by atoms with Gasteiger partial charge in [0, 0.05) is 22.8 Å². The number of carbonyl (C=O) groups excluding carboxylic acids is 1. The summed E-state index contributed by atoms with van der Waals surface area (Å²) < 4.78 is 5.13. The zero-order chi connectivity index (χ0) is 18.6. The van der Waals surface area contributed by atoms with Crippen LogP contribution in [0.15, 0.2) is 36.4 Å². The number of ether oxygens (including phenoxy) is 1. The standard InChI is InChI=1S/C17H18ClN3O4/c1-10-4-5-12(8-14(10)18)19-11(2)17(22)20-15-9-13(21(23)24)6-7-16(15)25-3/h4-9,11,19H,1-3H3,(H,20,22)/t11-/m1/s1. The lowest BCUT2D eigenvalue weighted by Crippen LogP contribution is -2.32. The maximum atomic E-state index is 12.4. The van der Waals surface area contributed by atoms with Gasteiger partial charge in [0.05, 0.1) is 17.7 Å². The number of amides is 1. The number of carbonyl (C=O) groups is 1. The first-order chi connectivity index (χ1) is 11.8. The van der Waals surface area contributed by atoms with Crippen LogP contribution in [-0.2, 0) is 4.79 Å². The average Bonchev–Trinajstić information content (AvgIpc) is 2.57. The highest BCUT2D eigenvalue weighted by Crippen LogP contribution is 2.29. The van der Waals surface area contributed by atoms with Gasteiger partial charge in [0.1, 0.15) is 11.8 Å². The minimum absolute atomic E-state index is 0.137. The van der Waals surface area contributed by atoms with Crippen LogP contribution < -0.4 is 15.4 Å². The molecule has 0 aliphatic rings. The van der Waals surface area contributed by atoms with Crippen LogP contribution >= 0.6 is 11.6 Å². The van der Waals surface area contributed by atoms with Gasteiger partial charge >= 0.3 is 0 Å². The SMILES string of the molecule is COc1ccc([N+](=O)[O-])cc1NC(=O)[C@@H](C)Nc1ccc(C)c(Cl)c1. The van der Waals surface area contributed by atoms with Gasteiger partial charge in [-0.05, 0) is 37.6 Å². The quantitative estimate of drug-likeness (QED) is 0.597. The van der Waals surface area contributed by atoms with E-state index in [-0.39, 0.29) is 17.3 Å². The molecule has 7 nitrogen and oxygen atoms in total. The molecule has 1 atom stereocenters. The average molecular weight is 364 g/mol. The number of nitro groups is 1. The summed E-state index contributed by atoms with van der Waals surface area (Å²) in [7, 11) is 1.42. The Morgan fingerprint density at radius 1 is 1.28 bits per heavy atom. The molecule has 0 aliphatic carbocycles. The summed E-state index contributed by atoms with van der Waals surface area (Å²) in [5.74, 6) is -0.0278. The summed E-state index contributed by atoms with van der Waals surface area (Å²) in [4.78, 5) is 22.7. The topological polar surface area (TPSA) is 93.5 Å². The molecule has 2 rings (SSSR count). The number of nitrogens with one attached hydrogen (secondary N) is 2. The van der Waals surface area contributed by atoms with Gasteiger partial charge in [-0.2, -0.15) is 0 Å². The Labute approximate surface area is 150 Å². The van der Waals surface area contributed by atoms with Gasteiger partial charge in [-0.15, -0.1) is 0 Å². The largest absolute Gasteiger partial charge is 0.495 e. The fourth-order valence-electron chi connectivity index (χ4n) is 2.15. The minimum Gasteiger partial charge on any atom is -0.495 e. The Hall–Kier alpha value is -2.80. The third-order valence-electron chi connectivity index (χ3n) is 3.60. The van der Waals surface area contributed by atoms with Crippen molar-refractivity contribution < 1.29 is 14.5 Å². The van der Waals surface area contributed by atoms with Crippen molar-refractivity contribution in [2.24, 2.45) is 0 Å². The van der Waals surface area contributed by atoms with Gasteiger partial charge in [0.25, 0.3) is 5.69 Å². The predicted molar refractivity (Wildman–Crippen MR) is 97.6 cm³/mol. The lowest BCUT2D eigenvalue weighted by Gasteiger charge is -2.17. The summed E-state index contributed by atoms with van der Waals surface area (Å²) in [5, 5.41) is 17.2. The normalized spacial score (nSPS) is 11.5. The summed E-state index contributed by atoms with van der Waals surface area (Å²) in [6.45, 7) is 3.56. The number of anilines is 2. The van der Waals surface area contributed by atoms with E-state index in [9.17, 15) is 14.9 Å². The Morgan fingerprint density at radius 3 is 2.60 bits per heavy atom. The van der Waals surface area contributed by atoms with Crippen molar-refractivity contribution in [1.82, 2.24) is 0 Å². The summed E-state index contributed by atoms with van der Waals surface area (Å²) in [5.41, 5.74) is 1.73. The van der Waals surface area contributed by atoms with Crippen molar-refractivity contribution >= 4 is 34.6 Å². The van der Waals surface area contributed by atoms with E-state index in [1.807, 2.05) is 19.1 Å². The number of aryl methyl sites for hydroxylation is 1. The van der Waals surface area contributed by atoms with Gasteiger partial charge < -0.3 is 15.4 Å². The van der Waals surface area contributed by atoms with Crippen LogP contribution in [0.2, 0.25) is 5.02 Å². The third kappa shape index (κ3) is 4.60. The molecule has 0 heterocycles. The Bertz CT molecular complexity index is 810. The van der Waals surface area contributed by atoms with E-state index in [2.05, 4.69) is 10.6 Å². The summed E-state index contributed by atoms with van der Waals surface area (Å²) in [6, 6.07) is 8.80. The van der Waals surface area contributed by atoms with Crippen molar-refractivity contribution in [2.45, 2.75) is 19.9 Å². The highest BCUT2D eigenvalue weighted by molar-refractivity contribution is 6.31. The molecule has 0 spiro atoms. The zero-order valence-electron chi connectivity index (χ0n) is 14.0. The van der Waals surface area contributed by atoms with Gasteiger partial charge in [0.2, 0.25) is 5.91 Å². The van der Waals surface area contributed by atoms with E-state index in [0.29, 0.717) is 16.5 Å². The van der Waals surface area contributed by atoms with Crippen LogP contribution in [0.25, 0.3) is 0 Å². The first kappa shape index (κ1) is 18.5. The molecule has 2 aromatic rings. The molecule has 2 N–H and O–H groups in total. The second-order valence-electron chi connectivity index (χ2n) is 5.46. The van der Waals surface area contributed by atoms with Crippen LogP contribution in [-0.4, -0.2) is 24.0 Å². The molecule has 0 aromatic heterocycles. The number of hydrogen-bond acceptors (Lipinski definition) is 5. The van der Waals surface area contributed by atoms with Crippen molar-refractivity contribution in [3.05, 3.63) is 57.1 Å². The van der Waals surface area contributed by atoms with E-state index in [0.717, 1.165) is 5.56 Å². The highest BCUT2D eigenvalue weighted by atomic mass is 35.5.